The fourth-order valence-electron chi connectivity index (χ4n) is 5.33. The molecular weight excluding hydrogens is 352 g/mol. The van der Waals surface area contributed by atoms with Crippen molar-refractivity contribution >= 4 is 18.4 Å². The molecule has 4 rings (SSSR count). The number of ether oxygens (including phenoxy) is 1. The number of rotatable bonds is 2. The molecule has 2 saturated heterocycles. The summed E-state index contributed by atoms with van der Waals surface area (Å²) in [7, 11) is 0. The van der Waals surface area contributed by atoms with Crippen LogP contribution in [0.1, 0.15) is 77.0 Å². The van der Waals surface area contributed by atoms with Gasteiger partial charge < -0.3 is 4.74 Å². The fourth-order valence-corrected chi connectivity index (χ4v) is 5.33. The Kier molecular flexibility index (Phi) is 6.83. The molecule has 0 aromatic heterocycles. The van der Waals surface area contributed by atoms with Gasteiger partial charge in [-0.2, -0.15) is 0 Å². The number of esters is 1. The summed E-state index contributed by atoms with van der Waals surface area (Å²) in [5, 5.41) is 0. The summed E-state index contributed by atoms with van der Waals surface area (Å²) in [6.45, 7) is 2.12. The first-order valence-corrected chi connectivity index (χ1v) is 10.4. The van der Waals surface area contributed by atoms with Gasteiger partial charge in [0.2, 0.25) is 0 Å². The van der Waals surface area contributed by atoms with Crippen LogP contribution in [-0.4, -0.2) is 36.2 Å². The summed E-state index contributed by atoms with van der Waals surface area (Å²) in [6, 6.07) is 0. The highest BCUT2D eigenvalue weighted by molar-refractivity contribution is 5.85. The molecule has 2 spiro atoms. The highest BCUT2D eigenvalue weighted by Gasteiger charge is 2.41. The maximum Gasteiger partial charge on any atom is 0.309 e. The molecule has 0 atom stereocenters. The first-order chi connectivity index (χ1) is 12.2. The zero-order chi connectivity index (χ0) is 17.2. The minimum atomic E-state index is 0. The van der Waals surface area contributed by atoms with E-state index in [0.29, 0.717) is 0 Å². The average molecular weight is 387 g/mol. The highest BCUT2D eigenvalue weighted by atomic mass is 35.5. The Bertz CT molecular complexity index is 458. The Balaban J connectivity index is 0.00000196. The third-order valence-electron chi connectivity index (χ3n) is 7.07. The molecule has 0 unspecified atom stereocenters. The Morgan fingerprint density at radius 3 is 1.73 bits per heavy atom. The van der Waals surface area contributed by atoms with Crippen molar-refractivity contribution in [3.63, 3.8) is 0 Å². The molecule has 4 fully saturated rings. The second kappa shape index (κ2) is 8.74. The van der Waals surface area contributed by atoms with Gasteiger partial charge in [-0.3, -0.25) is 26.5 Å². The van der Waals surface area contributed by atoms with Gasteiger partial charge >= 0.3 is 5.97 Å². The second-order valence-corrected chi connectivity index (χ2v) is 8.78. The van der Waals surface area contributed by atoms with Crippen LogP contribution in [0.25, 0.3) is 0 Å². The largest absolute Gasteiger partial charge is 0.462 e. The first kappa shape index (κ1) is 20.3. The molecule has 2 aliphatic heterocycles. The standard InChI is InChI=1S/C19H34N4O2.ClH/c24-17(15-3-9-18(10-4-15)7-1-13-20-22-18)25-16-5-11-19(12-6-16)8-2-14-21-23-19;/h15-16,20-23H,1-14H2;1H. The van der Waals surface area contributed by atoms with Crippen LogP contribution in [0, 0.1) is 5.92 Å². The van der Waals surface area contributed by atoms with Crippen LogP contribution in [0.5, 0.6) is 0 Å². The molecule has 2 aliphatic carbocycles. The van der Waals surface area contributed by atoms with Crippen molar-refractivity contribution in [2.24, 2.45) is 5.92 Å². The van der Waals surface area contributed by atoms with Gasteiger partial charge in [0.25, 0.3) is 0 Å². The fraction of sp³-hybridized carbons (Fsp3) is 0.947. The van der Waals surface area contributed by atoms with E-state index in [1.807, 2.05) is 0 Å². The Morgan fingerprint density at radius 1 is 0.769 bits per heavy atom. The normalized spacial score (nSPS) is 40.8. The van der Waals surface area contributed by atoms with Crippen LogP contribution < -0.4 is 21.7 Å². The molecule has 0 radical (unpaired) electrons. The number of carbonyl (C=O) groups excluding carboxylic acids is 1. The van der Waals surface area contributed by atoms with Crippen molar-refractivity contribution in [1.29, 1.82) is 0 Å². The van der Waals surface area contributed by atoms with Crippen LogP contribution in [0.2, 0.25) is 0 Å². The van der Waals surface area contributed by atoms with E-state index >= 15 is 0 Å². The van der Waals surface area contributed by atoms with E-state index in [0.717, 1.165) is 64.5 Å². The van der Waals surface area contributed by atoms with Gasteiger partial charge in [0.15, 0.2) is 0 Å². The molecule has 0 aromatic carbocycles. The lowest BCUT2D eigenvalue weighted by atomic mass is 9.74. The molecule has 2 heterocycles. The summed E-state index contributed by atoms with van der Waals surface area (Å²) < 4.78 is 5.92. The van der Waals surface area contributed by atoms with Crippen LogP contribution >= 0.6 is 12.4 Å². The maximum atomic E-state index is 12.6. The molecule has 0 bridgehead atoms. The van der Waals surface area contributed by atoms with Crippen molar-refractivity contribution < 1.29 is 9.53 Å². The number of carbonyl (C=O) groups is 1. The molecule has 26 heavy (non-hydrogen) atoms. The van der Waals surface area contributed by atoms with Crippen LogP contribution in [0.3, 0.4) is 0 Å². The SMILES string of the molecule is Cl.O=C(OC1CCC2(CCCNN2)CC1)C1CCC2(CCCNN2)CC1. The minimum absolute atomic E-state index is 0. The molecular formula is C19H35ClN4O2. The molecule has 0 amide bonds. The summed E-state index contributed by atoms with van der Waals surface area (Å²) in [6.07, 6.45) is 13.4. The van der Waals surface area contributed by atoms with E-state index in [-0.39, 0.29) is 41.5 Å². The van der Waals surface area contributed by atoms with Crippen LogP contribution in [-0.2, 0) is 9.53 Å². The van der Waals surface area contributed by atoms with E-state index in [1.54, 1.807) is 0 Å². The molecule has 2 saturated carbocycles. The summed E-state index contributed by atoms with van der Waals surface area (Å²) in [5.74, 6) is 0.175. The third-order valence-corrected chi connectivity index (χ3v) is 7.07. The van der Waals surface area contributed by atoms with Crippen molar-refractivity contribution in [3.8, 4) is 0 Å². The third kappa shape index (κ3) is 4.53. The summed E-state index contributed by atoms with van der Waals surface area (Å²) >= 11 is 0. The van der Waals surface area contributed by atoms with Gasteiger partial charge in [0, 0.05) is 24.2 Å². The van der Waals surface area contributed by atoms with Crippen LogP contribution in [0.4, 0.5) is 0 Å². The lowest BCUT2D eigenvalue weighted by Crippen LogP contribution is -2.58. The van der Waals surface area contributed by atoms with E-state index in [1.165, 1.54) is 25.7 Å². The lowest BCUT2D eigenvalue weighted by Gasteiger charge is -2.44. The zero-order valence-electron chi connectivity index (χ0n) is 15.8. The molecule has 150 valence electrons. The van der Waals surface area contributed by atoms with Gasteiger partial charge in [0.1, 0.15) is 6.10 Å². The van der Waals surface area contributed by atoms with Gasteiger partial charge in [-0.25, -0.2) is 0 Å². The summed E-state index contributed by atoms with van der Waals surface area (Å²) in [5.41, 5.74) is 14.1. The minimum Gasteiger partial charge on any atom is -0.462 e. The maximum absolute atomic E-state index is 12.6. The quantitative estimate of drug-likeness (QED) is 0.546. The summed E-state index contributed by atoms with van der Waals surface area (Å²) in [4.78, 5) is 12.6. The Morgan fingerprint density at radius 2 is 1.27 bits per heavy atom. The van der Waals surface area contributed by atoms with Crippen LogP contribution in [0.15, 0.2) is 0 Å². The van der Waals surface area contributed by atoms with E-state index in [4.69, 9.17) is 4.74 Å². The topological polar surface area (TPSA) is 74.4 Å². The van der Waals surface area contributed by atoms with E-state index in [9.17, 15) is 4.79 Å². The molecule has 0 aromatic rings. The van der Waals surface area contributed by atoms with Gasteiger partial charge in [-0.05, 0) is 77.0 Å². The number of halogens is 1. The smallest absolute Gasteiger partial charge is 0.309 e. The Hall–Kier alpha value is -0.400. The average Bonchev–Trinajstić information content (AvgIpc) is 2.66. The van der Waals surface area contributed by atoms with Crippen molar-refractivity contribution in [2.75, 3.05) is 13.1 Å². The van der Waals surface area contributed by atoms with E-state index in [2.05, 4.69) is 21.7 Å². The second-order valence-electron chi connectivity index (χ2n) is 8.78. The lowest BCUT2D eigenvalue weighted by molar-refractivity contribution is -0.158. The van der Waals surface area contributed by atoms with Gasteiger partial charge in [-0.1, -0.05) is 0 Å². The van der Waals surface area contributed by atoms with Crippen molar-refractivity contribution in [2.45, 2.75) is 94.2 Å². The zero-order valence-corrected chi connectivity index (χ0v) is 16.6. The van der Waals surface area contributed by atoms with E-state index < -0.39 is 0 Å². The molecule has 4 N–H and O–H groups in total. The first-order valence-electron chi connectivity index (χ1n) is 10.4. The monoisotopic (exact) mass is 386 g/mol. The number of hydrazine groups is 2. The number of hydrogen-bond acceptors (Lipinski definition) is 6. The molecule has 6 nitrogen and oxygen atoms in total. The van der Waals surface area contributed by atoms with Crippen molar-refractivity contribution in [3.05, 3.63) is 0 Å². The number of nitrogens with one attached hydrogen (secondary N) is 4. The van der Waals surface area contributed by atoms with Gasteiger partial charge in [-0.15, -0.1) is 12.4 Å². The van der Waals surface area contributed by atoms with Gasteiger partial charge in [0.05, 0.1) is 5.92 Å². The predicted octanol–water partition coefficient (Wildman–Crippen LogP) is 2.34. The predicted molar refractivity (Wildman–Crippen MR) is 104 cm³/mol. The Labute approximate surface area is 163 Å². The molecule has 4 aliphatic rings. The molecule has 7 heteroatoms. The highest BCUT2D eigenvalue weighted by Crippen LogP contribution is 2.38. The number of hydrogen-bond donors (Lipinski definition) is 4. The van der Waals surface area contributed by atoms with Crippen molar-refractivity contribution in [1.82, 2.24) is 21.7 Å².